The van der Waals surface area contributed by atoms with Crippen molar-refractivity contribution in [1.29, 1.82) is 0 Å². The van der Waals surface area contributed by atoms with E-state index in [4.69, 9.17) is 5.73 Å². The fourth-order valence-corrected chi connectivity index (χ4v) is 3.37. The van der Waals surface area contributed by atoms with Gasteiger partial charge in [0.25, 0.3) is 0 Å². The predicted octanol–water partition coefficient (Wildman–Crippen LogP) is 5.29. The highest BCUT2D eigenvalue weighted by atomic mass is 16.3. The minimum Gasteiger partial charge on any atom is -0.507 e. The zero-order chi connectivity index (χ0) is 17.6. The number of phenols is 1. The highest BCUT2D eigenvalue weighted by molar-refractivity contribution is 5.93. The smallest absolute Gasteiger partial charge is 0.122 e. The second-order valence-electron chi connectivity index (χ2n) is 7.58. The number of fused-ring (bicyclic) bond motifs is 1. The van der Waals surface area contributed by atoms with Gasteiger partial charge in [0, 0.05) is 27.8 Å². The maximum Gasteiger partial charge on any atom is 0.122 e. The maximum absolute atomic E-state index is 10.5. The molecule has 24 heavy (non-hydrogen) atoms. The second kappa shape index (κ2) is 5.59. The first-order valence-electron chi connectivity index (χ1n) is 8.47. The Morgan fingerprint density at radius 1 is 1.12 bits per heavy atom. The third-order valence-corrected chi connectivity index (χ3v) is 4.68. The zero-order valence-electron chi connectivity index (χ0n) is 15.1. The number of aromatic nitrogens is 1. The van der Waals surface area contributed by atoms with E-state index in [0.717, 1.165) is 40.0 Å². The Bertz CT molecular complexity index is 914. The monoisotopic (exact) mass is 322 g/mol. The van der Waals surface area contributed by atoms with Crippen LogP contribution in [0.25, 0.3) is 22.2 Å². The number of hydrogen-bond donors (Lipinski definition) is 3. The van der Waals surface area contributed by atoms with Crippen molar-refractivity contribution < 1.29 is 5.11 Å². The number of benzene rings is 2. The molecule has 0 bridgehead atoms. The van der Waals surface area contributed by atoms with Crippen molar-refractivity contribution in [2.24, 2.45) is 0 Å². The van der Waals surface area contributed by atoms with Crippen molar-refractivity contribution >= 4 is 16.6 Å². The van der Waals surface area contributed by atoms with Gasteiger partial charge in [0.15, 0.2) is 0 Å². The quantitative estimate of drug-likeness (QED) is 0.561. The number of aromatic hydroxyl groups is 1. The van der Waals surface area contributed by atoms with E-state index >= 15 is 0 Å². The fraction of sp³-hybridized carbons (Fsp3) is 0.333. The SMILES string of the molecule is CCc1c(-c2cc(C)c(O)c(C(C)(C)C)c2)[nH]c2ccc(N)cc12. The highest BCUT2D eigenvalue weighted by Crippen LogP contribution is 2.39. The Morgan fingerprint density at radius 3 is 2.46 bits per heavy atom. The standard InChI is InChI=1S/C21H26N2O/c1-6-15-16-11-14(22)7-8-18(16)23-19(15)13-9-12(2)20(24)17(10-13)21(3,4)5/h7-11,23-24H,6,22H2,1-5H3. The summed E-state index contributed by atoms with van der Waals surface area (Å²) in [5.74, 6) is 0.393. The van der Waals surface area contributed by atoms with E-state index in [2.05, 4.69) is 44.8 Å². The number of nitrogens with two attached hydrogens (primary N) is 1. The van der Waals surface area contributed by atoms with E-state index < -0.39 is 0 Å². The topological polar surface area (TPSA) is 62.0 Å². The van der Waals surface area contributed by atoms with Crippen molar-refractivity contribution in [3.63, 3.8) is 0 Å². The summed E-state index contributed by atoms with van der Waals surface area (Å²) < 4.78 is 0. The van der Waals surface area contributed by atoms with Crippen LogP contribution in [0.2, 0.25) is 0 Å². The molecule has 0 atom stereocenters. The number of hydrogen-bond acceptors (Lipinski definition) is 2. The van der Waals surface area contributed by atoms with Crippen molar-refractivity contribution in [3.05, 3.63) is 47.0 Å². The number of rotatable bonds is 2. The molecule has 0 saturated carbocycles. The highest BCUT2D eigenvalue weighted by Gasteiger charge is 2.22. The lowest BCUT2D eigenvalue weighted by Crippen LogP contribution is -2.12. The number of nitrogens with one attached hydrogen (secondary N) is 1. The van der Waals surface area contributed by atoms with Gasteiger partial charge in [0.1, 0.15) is 5.75 Å². The number of H-pyrrole nitrogens is 1. The van der Waals surface area contributed by atoms with E-state index in [0.29, 0.717) is 5.75 Å². The van der Waals surface area contributed by atoms with Crippen LogP contribution in [0.15, 0.2) is 30.3 Å². The molecule has 2 aromatic carbocycles. The van der Waals surface area contributed by atoms with Gasteiger partial charge in [-0.05, 0) is 65.8 Å². The lowest BCUT2D eigenvalue weighted by atomic mass is 9.83. The summed E-state index contributed by atoms with van der Waals surface area (Å²) in [5.41, 5.74) is 13.1. The normalized spacial score (nSPS) is 12.0. The number of aryl methyl sites for hydroxylation is 2. The molecule has 1 heterocycles. The Hall–Kier alpha value is -2.42. The number of phenolic OH excluding ortho intramolecular Hbond substituents is 1. The van der Waals surface area contributed by atoms with Gasteiger partial charge in [-0.25, -0.2) is 0 Å². The molecule has 0 amide bonds. The summed E-state index contributed by atoms with van der Waals surface area (Å²) in [5, 5.41) is 11.7. The summed E-state index contributed by atoms with van der Waals surface area (Å²) in [6.45, 7) is 10.5. The summed E-state index contributed by atoms with van der Waals surface area (Å²) in [7, 11) is 0. The summed E-state index contributed by atoms with van der Waals surface area (Å²) in [4.78, 5) is 3.55. The Morgan fingerprint density at radius 2 is 1.83 bits per heavy atom. The zero-order valence-corrected chi connectivity index (χ0v) is 15.1. The van der Waals surface area contributed by atoms with Crippen LogP contribution in [0.1, 0.15) is 44.4 Å². The molecule has 0 unspecified atom stereocenters. The van der Waals surface area contributed by atoms with E-state index in [1.165, 1.54) is 10.9 Å². The van der Waals surface area contributed by atoms with Gasteiger partial charge in [-0.15, -0.1) is 0 Å². The van der Waals surface area contributed by atoms with Gasteiger partial charge in [-0.2, -0.15) is 0 Å². The summed E-state index contributed by atoms with van der Waals surface area (Å²) in [6, 6.07) is 10.1. The second-order valence-corrected chi connectivity index (χ2v) is 7.58. The molecule has 126 valence electrons. The third-order valence-electron chi connectivity index (χ3n) is 4.68. The molecule has 0 aliphatic heterocycles. The Labute approximate surface area is 143 Å². The molecule has 0 saturated heterocycles. The lowest BCUT2D eigenvalue weighted by Gasteiger charge is -2.22. The van der Waals surface area contributed by atoms with Crippen LogP contribution >= 0.6 is 0 Å². The number of anilines is 1. The van der Waals surface area contributed by atoms with Crippen molar-refractivity contribution in [1.82, 2.24) is 4.98 Å². The molecular formula is C21H26N2O. The average Bonchev–Trinajstić information content (AvgIpc) is 2.86. The van der Waals surface area contributed by atoms with E-state index in [1.807, 2.05) is 25.1 Å². The van der Waals surface area contributed by atoms with Crippen molar-refractivity contribution in [2.45, 2.75) is 46.5 Å². The lowest BCUT2D eigenvalue weighted by molar-refractivity contribution is 0.443. The van der Waals surface area contributed by atoms with Crippen LogP contribution in [-0.2, 0) is 11.8 Å². The Balaban J connectivity index is 2.30. The molecular weight excluding hydrogens is 296 g/mol. The molecule has 0 aliphatic rings. The van der Waals surface area contributed by atoms with Gasteiger partial charge in [0.2, 0.25) is 0 Å². The molecule has 4 N–H and O–H groups in total. The van der Waals surface area contributed by atoms with Crippen LogP contribution in [0.4, 0.5) is 5.69 Å². The maximum atomic E-state index is 10.5. The fourth-order valence-electron chi connectivity index (χ4n) is 3.37. The first kappa shape index (κ1) is 16.4. The predicted molar refractivity (Wildman–Crippen MR) is 103 cm³/mol. The molecule has 0 fully saturated rings. The third kappa shape index (κ3) is 2.64. The minimum absolute atomic E-state index is 0.117. The Kier molecular flexibility index (Phi) is 3.83. The van der Waals surface area contributed by atoms with Gasteiger partial charge >= 0.3 is 0 Å². The molecule has 3 aromatic rings. The van der Waals surface area contributed by atoms with E-state index in [9.17, 15) is 5.11 Å². The van der Waals surface area contributed by atoms with Crippen molar-refractivity contribution in [3.8, 4) is 17.0 Å². The summed E-state index contributed by atoms with van der Waals surface area (Å²) >= 11 is 0. The molecule has 0 radical (unpaired) electrons. The van der Waals surface area contributed by atoms with Crippen LogP contribution in [0, 0.1) is 6.92 Å². The van der Waals surface area contributed by atoms with Gasteiger partial charge < -0.3 is 15.8 Å². The van der Waals surface area contributed by atoms with Crippen LogP contribution in [0.5, 0.6) is 5.75 Å². The minimum atomic E-state index is -0.117. The molecule has 0 aliphatic carbocycles. The first-order valence-corrected chi connectivity index (χ1v) is 8.47. The van der Waals surface area contributed by atoms with E-state index in [-0.39, 0.29) is 5.41 Å². The van der Waals surface area contributed by atoms with Crippen LogP contribution in [-0.4, -0.2) is 10.1 Å². The van der Waals surface area contributed by atoms with Gasteiger partial charge in [-0.1, -0.05) is 27.7 Å². The summed E-state index contributed by atoms with van der Waals surface area (Å²) in [6.07, 6.45) is 0.920. The molecule has 1 aromatic heterocycles. The molecule has 3 nitrogen and oxygen atoms in total. The van der Waals surface area contributed by atoms with E-state index in [1.54, 1.807) is 0 Å². The molecule has 3 rings (SSSR count). The average molecular weight is 322 g/mol. The number of aromatic amines is 1. The first-order chi connectivity index (χ1) is 11.2. The van der Waals surface area contributed by atoms with Crippen LogP contribution < -0.4 is 5.73 Å². The largest absolute Gasteiger partial charge is 0.507 e. The van der Waals surface area contributed by atoms with Crippen LogP contribution in [0.3, 0.4) is 0 Å². The molecule has 3 heteroatoms. The van der Waals surface area contributed by atoms with Crippen molar-refractivity contribution in [2.75, 3.05) is 5.73 Å². The van der Waals surface area contributed by atoms with Gasteiger partial charge in [-0.3, -0.25) is 0 Å². The number of nitrogen functional groups attached to an aromatic ring is 1. The molecule has 0 spiro atoms. The van der Waals surface area contributed by atoms with Gasteiger partial charge in [0.05, 0.1) is 0 Å².